The third kappa shape index (κ3) is 4.27. The second-order valence-corrected chi connectivity index (χ2v) is 5.00. The Morgan fingerprint density at radius 3 is 3.00 bits per heavy atom. The molecule has 0 bridgehead atoms. The average molecular weight is 254 g/mol. The fraction of sp³-hybridized carbons (Fsp3) is 0.833. The fourth-order valence-electron chi connectivity index (χ4n) is 1.89. The Morgan fingerprint density at radius 2 is 2.28 bits per heavy atom. The summed E-state index contributed by atoms with van der Waals surface area (Å²) in [5.41, 5.74) is 0. The van der Waals surface area contributed by atoms with Crippen molar-refractivity contribution in [1.82, 2.24) is 15.5 Å². The number of ether oxygens (including phenoxy) is 1. The SMILES string of the molecule is CC(C)NCc1nnc(NCC2CCCOC2)o1. The quantitative estimate of drug-likeness (QED) is 0.799. The Morgan fingerprint density at radius 1 is 1.39 bits per heavy atom. The standard InChI is InChI=1S/C12H22N4O2/c1-9(2)13-7-11-15-16-12(18-11)14-6-10-4-3-5-17-8-10/h9-10,13H,3-8H2,1-2H3,(H,14,16). The van der Waals surface area contributed by atoms with E-state index in [0.29, 0.717) is 30.4 Å². The maximum Gasteiger partial charge on any atom is 0.315 e. The monoisotopic (exact) mass is 254 g/mol. The van der Waals surface area contributed by atoms with Crippen LogP contribution in [0.1, 0.15) is 32.6 Å². The van der Waals surface area contributed by atoms with Gasteiger partial charge in [-0.25, -0.2) is 0 Å². The summed E-state index contributed by atoms with van der Waals surface area (Å²) in [5.74, 6) is 1.16. The molecule has 2 rings (SSSR count). The molecule has 6 heteroatoms. The number of hydrogen-bond donors (Lipinski definition) is 2. The van der Waals surface area contributed by atoms with Crippen molar-refractivity contribution < 1.29 is 9.15 Å². The molecule has 2 heterocycles. The topological polar surface area (TPSA) is 72.2 Å². The van der Waals surface area contributed by atoms with Crippen LogP contribution in [0.3, 0.4) is 0 Å². The molecular weight excluding hydrogens is 232 g/mol. The molecule has 0 amide bonds. The van der Waals surface area contributed by atoms with Gasteiger partial charge < -0.3 is 19.8 Å². The van der Waals surface area contributed by atoms with Gasteiger partial charge in [0.15, 0.2) is 0 Å². The minimum absolute atomic E-state index is 0.410. The van der Waals surface area contributed by atoms with Crippen LogP contribution in [0.25, 0.3) is 0 Å². The molecule has 1 atom stereocenters. The van der Waals surface area contributed by atoms with Crippen molar-refractivity contribution in [2.45, 2.75) is 39.3 Å². The van der Waals surface area contributed by atoms with Crippen LogP contribution < -0.4 is 10.6 Å². The fourth-order valence-corrected chi connectivity index (χ4v) is 1.89. The third-order valence-electron chi connectivity index (χ3n) is 2.92. The van der Waals surface area contributed by atoms with Crippen LogP contribution in [0.4, 0.5) is 6.01 Å². The minimum atomic E-state index is 0.410. The lowest BCUT2D eigenvalue weighted by Crippen LogP contribution is -2.24. The zero-order valence-electron chi connectivity index (χ0n) is 11.1. The molecule has 0 saturated carbocycles. The molecular formula is C12H22N4O2. The van der Waals surface area contributed by atoms with Crippen LogP contribution >= 0.6 is 0 Å². The number of nitrogens with zero attached hydrogens (tertiary/aromatic N) is 2. The Kier molecular flexibility index (Phi) is 4.95. The van der Waals surface area contributed by atoms with Crippen molar-refractivity contribution in [3.63, 3.8) is 0 Å². The largest absolute Gasteiger partial charge is 0.407 e. The summed E-state index contributed by atoms with van der Waals surface area (Å²) in [6.07, 6.45) is 2.34. The number of anilines is 1. The van der Waals surface area contributed by atoms with E-state index >= 15 is 0 Å². The molecule has 1 aromatic rings. The Balaban J connectivity index is 1.72. The normalized spacial score (nSPS) is 20.3. The molecule has 1 aromatic heterocycles. The zero-order valence-corrected chi connectivity index (χ0v) is 11.1. The summed E-state index contributed by atoms with van der Waals surface area (Å²) < 4.78 is 10.9. The van der Waals surface area contributed by atoms with Crippen molar-refractivity contribution in [3.8, 4) is 0 Å². The van der Waals surface area contributed by atoms with Gasteiger partial charge in [0, 0.05) is 19.2 Å². The summed E-state index contributed by atoms with van der Waals surface area (Å²) in [6, 6.07) is 0.911. The van der Waals surface area contributed by atoms with Gasteiger partial charge in [0.25, 0.3) is 0 Å². The number of aromatic nitrogens is 2. The highest BCUT2D eigenvalue weighted by atomic mass is 16.5. The van der Waals surface area contributed by atoms with E-state index in [1.165, 1.54) is 6.42 Å². The zero-order chi connectivity index (χ0) is 12.8. The van der Waals surface area contributed by atoms with Crippen LogP contribution in [0, 0.1) is 5.92 Å². The second-order valence-electron chi connectivity index (χ2n) is 5.00. The first-order chi connectivity index (χ1) is 8.74. The lowest BCUT2D eigenvalue weighted by atomic mass is 10.0. The average Bonchev–Trinajstić information content (AvgIpc) is 2.83. The predicted molar refractivity (Wildman–Crippen MR) is 68.3 cm³/mol. The Labute approximate surface area is 107 Å². The molecule has 1 unspecified atom stereocenters. The number of rotatable bonds is 6. The molecule has 6 nitrogen and oxygen atoms in total. The number of hydrogen-bond acceptors (Lipinski definition) is 6. The van der Waals surface area contributed by atoms with Gasteiger partial charge in [0.1, 0.15) is 0 Å². The van der Waals surface area contributed by atoms with Crippen molar-refractivity contribution in [2.75, 3.05) is 25.1 Å². The number of nitrogens with one attached hydrogen (secondary N) is 2. The molecule has 2 N–H and O–H groups in total. The molecule has 0 spiro atoms. The van der Waals surface area contributed by atoms with E-state index in [1.807, 2.05) is 0 Å². The van der Waals surface area contributed by atoms with Gasteiger partial charge in [-0.15, -0.1) is 5.10 Å². The summed E-state index contributed by atoms with van der Waals surface area (Å²) in [6.45, 7) is 7.32. The van der Waals surface area contributed by atoms with Gasteiger partial charge in [-0.1, -0.05) is 18.9 Å². The highest BCUT2D eigenvalue weighted by Crippen LogP contribution is 2.14. The maximum absolute atomic E-state index is 5.49. The van der Waals surface area contributed by atoms with Gasteiger partial charge in [-0.3, -0.25) is 0 Å². The summed E-state index contributed by atoms with van der Waals surface area (Å²) >= 11 is 0. The lowest BCUT2D eigenvalue weighted by molar-refractivity contribution is 0.0593. The Bertz CT molecular complexity index is 348. The summed E-state index contributed by atoms with van der Waals surface area (Å²) in [7, 11) is 0. The second kappa shape index (κ2) is 6.70. The van der Waals surface area contributed by atoms with Crippen molar-refractivity contribution >= 4 is 6.01 Å². The van der Waals surface area contributed by atoms with Gasteiger partial charge in [0.05, 0.1) is 13.2 Å². The van der Waals surface area contributed by atoms with Crippen molar-refractivity contribution in [1.29, 1.82) is 0 Å². The molecule has 1 saturated heterocycles. The van der Waals surface area contributed by atoms with E-state index in [0.717, 1.165) is 26.2 Å². The van der Waals surface area contributed by atoms with Crippen LogP contribution in [-0.4, -0.2) is 36.0 Å². The first-order valence-electron chi connectivity index (χ1n) is 6.61. The maximum atomic E-state index is 5.49. The third-order valence-corrected chi connectivity index (χ3v) is 2.92. The van der Waals surface area contributed by atoms with Gasteiger partial charge in [-0.2, -0.15) is 0 Å². The van der Waals surface area contributed by atoms with Gasteiger partial charge in [0.2, 0.25) is 5.89 Å². The molecule has 0 aromatic carbocycles. The van der Waals surface area contributed by atoms with E-state index in [1.54, 1.807) is 0 Å². The van der Waals surface area contributed by atoms with E-state index in [9.17, 15) is 0 Å². The summed E-state index contributed by atoms with van der Waals surface area (Å²) in [4.78, 5) is 0. The molecule has 1 fully saturated rings. The van der Waals surface area contributed by atoms with E-state index in [2.05, 4.69) is 34.7 Å². The van der Waals surface area contributed by atoms with Crippen molar-refractivity contribution in [3.05, 3.63) is 5.89 Å². The highest BCUT2D eigenvalue weighted by molar-refractivity contribution is 5.16. The van der Waals surface area contributed by atoms with Crippen LogP contribution in [0.5, 0.6) is 0 Å². The van der Waals surface area contributed by atoms with E-state index in [-0.39, 0.29) is 0 Å². The van der Waals surface area contributed by atoms with E-state index < -0.39 is 0 Å². The molecule has 0 radical (unpaired) electrons. The van der Waals surface area contributed by atoms with Crippen molar-refractivity contribution in [2.24, 2.45) is 5.92 Å². The minimum Gasteiger partial charge on any atom is -0.407 e. The van der Waals surface area contributed by atoms with E-state index in [4.69, 9.17) is 9.15 Å². The van der Waals surface area contributed by atoms with Gasteiger partial charge in [-0.05, 0) is 18.8 Å². The first-order valence-corrected chi connectivity index (χ1v) is 6.61. The molecule has 1 aliphatic heterocycles. The summed E-state index contributed by atoms with van der Waals surface area (Å²) in [5, 5.41) is 14.4. The van der Waals surface area contributed by atoms with Gasteiger partial charge >= 0.3 is 6.01 Å². The molecule has 0 aliphatic carbocycles. The first kappa shape index (κ1) is 13.3. The molecule has 102 valence electrons. The smallest absolute Gasteiger partial charge is 0.315 e. The highest BCUT2D eigenvalue weighted by Gasteiger charge is 2.14. The Hall–Kier alpha value is -1.14. The molecule has 18 heavy (non-hydrogen) atoms. The van der Waals surface area contributed by atoms with Crippen LogP contribution in [0.2, 0.25) is 0 Å². The predicted octanol–water partition coefficient (Wildman–Crippen LogP) is 1.41. The molecule has 1 aliphatic rings. The van der Waals surface area contributed by atoms with Crippen LogP contribution in [0.15, 0.2) is 4.42 Å². The lowest BCUT2D eigenvalue weighted by Gasteiger charge is -2.21. The van der Waals surface area contributed by atoms with Crippen LogP contribution in [-0.2, 0) is 11.3 Å².